The van der Waals surface area contributed by atoms with Gasteiger partial charge in [-0.3, -0.25) is 10.1 Å². The van der Waals surface area contributed by atoms with E-state index in [2.05, 4.69) is 10.7 Å². The SMILES string of the molecule is Cc1ccc(NC(=O)NN2CC(=O)NC2=O)cc1. The van der Waals surface area contributed by atoms with E-state index < -0.39 is 18.0 Å². The van der Waals surface area contributed by atoms with E-state index in [9.17, 15) is 14.4 Å². The number of carbonyl (C=O) groups excluding carboxylic acids is 3. The molecule has 0 aromatic heterocycles. The first-order valence-corrected chi connectivity index (χ1v) is 5.30. The van der Waals surface area contributed by atoms with Gasteiger partial charge in [0.25, 0.3) is 0 Å². The molecule has 1 saturated heterocycles. The molecule has 94 valence electrons. The maximum absolute atomic E-state index is 11.6. The van der Waals surface area contributed by atoms with E-state index in [-0.39, 0.29) is 6.54 Å². The van der Waals surface area contributed by atoms with E-state index >= 15 is 0 Å². The molecule has 1 aliphatic rings. The molecule has 0 bridgehead atoms. The van der Waals surface area contributed by atoms with Crippen molar-refractivity contribution in [2.45, 2.75) is 6.92 Å². The maximum Gasteiger partial charge on any atom is 0.343 e. The van der Waals surface area contributed by atoms with Crippen LogP contribution < -0.4 is 16.1 Å². The summed E-state index contributed by atoms with van der Waals surface area (Å²) < 4.78 is 0. The summed E-state index contributed by atoms with van der Waals surface area (Å²) in [5.74, 6) is -0.448. The molecule has 1 fully saturated rings. The Balaban J connectivity index is 1.91. The Morgan fingerprint density at radius 3 is 2.50 bits per heavy atom. The summed E-state index contributed by atoms with van der Waals surface area (Å²) in [6.07, 6.45) is 0. The summed E-state index contributed by atoms with van der Waals surface area (Å²) in [7, 11) is 0. The number of aryl methyl sites for hydroxylation is 1. The molecule has 0 unspecified atom stereocenters. The summed E-state index contributed by atoms with van der Waals surface area (Å²) in [6, 6.07) is 5.96. The van der Waals surface area contributed by atoms with Crippen molar-refractivity contribution >= 4 is 23.7 Å². The zero-order valence-corrected chi connectivity index (χ0v) is 9.69. The van der Waals surface area contributed by atoms with Gasteiger partial charge in [0, 0.05) is 5.69 Å². The average Bonchev–Trinajstić information content (AvgIpc) is 2.61. The van der Waals surface area contributed by atoms with Crippen LogP contribution >= 0.6 is 0 Å². The molecular weight excluding hydrogens is 236 g/mol. The minimum atomic E-state index is -0.640. The van der Waals surface area contributed by atoms with Crippen molar-refractivity contribution in [3.8, 4) is 0 Å². The Kier molecular flexibility index (Phi) is 3.13. The lowest BCUT2D eigenvalue weighted by Crippen LogP contribution is -2.46. The van der Waals surface area contributed by atoms with Crippen LogP contribution in [0.1, 0.15) is 5.56 Å². The molecule has 0 spiro atoms. The number of imide groups is 1. The lowest BCUT2D eigenvalue weighted by Gasteiger charge is -2.15. The Hall–Kier alpha value is -2.57. The minimum Gasteiger partial charge on any atom is -0.307 e. The van der Waals surface area contributed by atoms with Crippen LogP contribution in [-0.4, -0.2) is 29.5 Å². The van der Waals surface area contributed by atoms with Gasteiger partial charge in [-0.1, -0.05) is 17.7 Å². The van der Waals surface area contributed by atoms with E-state index in [4.69, 9.17) is 0 Å². The van der Waals surface area contributed by atoms with Crippen molar-refractivity contribution in [1.29, 1.82) is 0 Å². The molecule has 1 heterocycles. The quantitative estimate of drug-likeness (QED) is 0.669. The zero-order chi connectivity index (χ0) is 13.1. The monoisotopic (exact) mass is 248 g/mol. The van der Waals surface area contributed by atoms with Gasteiger partial charge in [-0.05, 0) is 19.1 Å². The van der Waals surface area contributed by atoms with Gasteiger partial charge < -0.3 is 5.32 Å². The lowest BCUT2D eigenvalue weighted by molar-refractivity contribution is -0.118. The van der Waals surface area contributed by atoms with Crippen molar-refractivity contribution in [2.75, 3.05) is 11.9 Å². The topological polar surface area (TPSA) is 90.5 Å². The van der Waals surface area contributed by atoms with Gasteiger partial charge in [-0.2, -0.15) is 0 Å². The highest BCUT2D eigenvalue weighted by Gasteiger charge is 2.27. The number of amides is 5. The average molecular weight is 248 g/mol. The smallest absolute Gasteiger partial charge is 0.307 e. The van der Waals surface area contributed by atoms with Crippen molar-refractivity contribution in [1.82, 2.24) is 15.8 Å². The van der Waals surface area contributed by atoms with E-state index in [1.807, 2.05) is 24.4 Å². The molecule has 0 atom stereocenters. The van der Waals surface area contributed by atoms with Crippen LogP contribution in [-0.2, 0) is 4.79 Å². The first-order chi connectivity index (χ1) is 8.54. The number of urea groups is 2. The zero-order valence-electron chi connectivity index (χ0n) is 9.69. The van der Waals surface area contributed by atoms with E-state index in [1.54, 1.807) is 12.1 Å². The summed E-state index contributed by atoms with van der Waals surface area (Å²) in [6.45, 7) is 1.75. The van der Waals surface area contributed by atoms with E-state index in [0.29, 0.717) is 5.69 Å². The van der Waals surface area contributed by atoms with Crippen LogP contribution in [0.3, 0.4) is 0 Å². The second-order valence-corrected chi connectivity index (χ2v) is 3.87. The van der Waals surface area contributed by atoms with Crippen LogP contribution in [0.4, 0.5) is 15.3 Å². The van der Waals surface area contributed by atoms with Crippen molar-refractivity contribution in [3.63, 3.8) is 0 Å². The molecular formula is C11H12N4O3. The summed E-state index contributed by atoms with van der Waals surface area (Å²) in [5.41, 5.74) is 3.95. The molecule has 1 aromatic rings. The number of anilines is 1. The predicted octanol–water partition coefficient (Wildman–Crippen LogP) is 0.583. The van der Waals surface area contributed by atoms with Crippen molar-refractivity contribution < 1.29 is 14.4 Å². The van der Waals surface area contributed by atoms with E-state index in [0.717, 1.165) is 10.6 Å². The fourth-order valence-corrected chi connectivity index (χ4v) is 1.45. The molecule has 18 heavy (non-hydrogen) atoms. The van der Waals surface area contributed by atoms with Crippen LogP contribution in [0, 0.1) is 6.92 Å². The standard InChI is InChI=1S/C11H12N4O3/c1-7-2-4-8(5-3-7)12-10(17)14-15-6-9(16)13-11(15)18/h2-5H,6H2,1H3,(H2,12,14,17)(H,13,16,18). The number of rotatable bonds is 2. The normalized spacial score (nSPS) is 14.4. The third kappa shape index (κ3) is 2.76. The third-order valence-electron chi connectivity index (χ3n) is 2.34. The largest absolute Gasteiger partial charge is 0.343 e. The fraction of sp³-hybridized carbons (Fsp3) is 0.182. The molecule has 2 rings (SSSR count). The third-order valence-corrected chi connectivity index (χ3v) is 2.34. The molecule has 1 aliphatic heterocycles. The fourth-order valence-electron chi connectivity index (χ4n) is 1.45. The van der Waals surface area contributed by atoms with Gasteiger partial charge in [-0.15, -0.1) is 0 Å². The lowest BCUT2D eigenvalue weighted by atomic mass is 10.2. The van der Waals surface area contributed by atoms with Crippen LogP contribution in [0.25, 0.3) is 0 Å². The van der Waals surface area contributed by atoms with Crippen molar-refractivity contribution in [3.05, 3.63) is 29.8 Å². The number of hydrogen-bond donors (Lipinski definition) is 3. The van der Waals surface area contributed by atoms with Gasteiger partial charge in [-0.25, -0.2) is 20.0 Å². The molecule has 1 aromatic carbocycles. The molecule has 0 saturated carbocycles. The van der Waals surface area contributed by atoms with Crippen LogP contribution in [0.5, 0.6) is 0 Å². The Morgan fingerprint density at radius 2 is 1.94 bits per heavy atom. The summed E-state index contributed by atoms with van der Waals surface area (Å²) >= 11 is 0. The molecule has 5 amide bonds. The second-order valence-electron chi connectivity index (χ2n) is 3.87. The molecule has 3 N–H and O–H groups in total. The second kappa shape index (κ2) is 4.74. The van der Waals surface area contributed by atoms with Crippen LogP contribution in [0.15, 0.2) is 24.3 Å². The molecule has 7 heteroatoms. The highest BCUT2D eigenvalue weighted by molar-refractivity contribution is 6.03. The number of hydrazine groups is 1. The highest BCUT2D eigenvalue weighted by atomic mass is 16.2. The molecule has 0 aliphatic carbocycles. The number of nitrogens with zero attached hydrogens (tertiary/aromatic N) is 1. The van der Waals surface area contributed by atoms with E-state index in [1.165, 1.54) is 0 Å². The van der Waals surface area contributed by atoms with Gasteiger partial charge in [0.15, 0.2) is 0 Å². The summed E-state index contributed by atoms with van der Waals surface area (Å²) in [5, 5.41) is 5.51. The van der Waals surface area contributed by atoms with Gasteiger partial charge in [0.05, 0.1) is 0 Å². The number of nitrogens with one attached hydrogen (secondary N) is 3. The summed E-state index contributed by atoms with van der Waals surface area (Å²) in [4.78, 5) is 33.6. The van der Waals surface area contributed by atoms with Crippen LogP contribution in [0.2, 0.25) is 0 Å². The first-order valence-electron chi connectivity index (χ1n) is 5.30. The van der Waals surface area contributed by atoms with Gasteiger partial charge in [0.1, 0.15) is 6.54 Å². The number of hydrogen-bond acceptors (Lipinski definition) is 3. The van der Waals surface area contributed by atoms with Crippen molar-refractivity contribution in [2.24, 2.45) is 0 Å². The Morgan fingerprint density at radius 1 is 1.28 bits per heavy atom. The molecule has 0 radical (unpaired) electrons. The number of carbonyl (C=O) groups is 3. The predicted molar refractivity (Wildman–Crippen MR) is 63.6 cm³/mol. The highest BCUT2D eigenvalue weighted by Crippen LogP contribution is 2.08. The van der Waals surface area contributed by atoms with Gasteiger partial charge in [0.2, 0.25) is 5.91 Å². The Labute approximate surface area is 103 Å². The molecule has 7 nitrogen and oxygen atoms in total. The van der Waals surface area contributed by atoms with Gasteiger partial charge >= 0.3 is 12.1 Å². The maximum atomic E-state index is 11.6. The minimum absolute atomic E-state index is 0.180. The Bertz CT molecular complexity index is 498. The first kappa shape index (κ1) is 11.9. The number of benzene rings is 1.